The summed E-state index contributed by atoms with van der Waals surface area (Å²) in [6, 6.07) is 12.0. The van der Waals surface area contributed by atoms with Crippen LogP contribution in [0.5, 0.6) is 0 Å². The molecule has 108 valence electrons. The van der Waals surface area contributed by atoms with Gasteiger partial charge >= 0.3 is 0 Å². The van der Waals surface area contributed by atoms with Gasteiger partial charge in [-0.25, -0.2) is 4.98 Å². The Morgan fingerprint density at radius 2 is 2.00 bits per heavy atom. The lowest BCUT2D eigenvalue weighted by molar-refractivity contribution is 0.882. The predicted octanol–water partition coefficient (Wildman–Crippen LogP) is 6.05. The third-order valence-corrected chi connectivity index (χ3v) is 4.86. The molecule has 0 fully saturated rings. The van der Waals surface area contributed by atoms with E-state index in [0.717, 1.165) is 32.6 Å². The van der Waals surface area contributed by atoms with Crippen molar-refractivity contribution in [1.29, 1.82) is 0 Å². The molecule has 5 heteroatoms. The minimum absolute atomic E-state index is 0.195. The molecule has 0 aliphatic heterocycles. The number of para-hydroxylation sites is 1. The lowest BCUT2D eigenvalue weighted by Gasteiger charge is -2.11. The van der Waals surface area contributed by atoms with E-state index >= 15 is 0 Å². The standard InChI is InChI=1S/C16H13BrCl2N2/c1-9-4-3-5-14-15(9)20-16(10(2)18)21(14)11-6-7-12(17)13(19)8-11/h3-8,10H,1-2H3. The maximum absolute atomic E-state index is 6.33. The monoisotopic (exact) mass is 382 g/mol. The zero-order chi connectivity index (χ0) is 15.1. The van der Waals surface area contributed by atoms with Crippen LogP contribution in [0.25, 0.3) is 16.7 Å². The van der Waals surface area contributed by atoms with Crippen molar-refractivity contribution in [3.05, 3.63) is 57.3 Å². The Kier molecular flexibility index (Phi) is 4.00. The van der Waals surface area contributed by atoms with Crippen LogP contribution in [0.3, 0.4) is 0 Å². The summed E-state index contributed by atoms with van der Waals surface area (Å²) in [5.41, 5.74) is 4.10. The van der Waals surface area contributed by atoms with Gasteiger partial charge in [0.1, 0.15) is 5.82 Å². The normalized spacial score (nSPS) is 12.8. The fourth-order valence-electron chi connectivity index (χ4n) is 2.42. The molecule has 0 bridgehead atoms. The highest BCUT2D eigenvalue weighted by Crippen LogP contribution is 2.32. The second kappa shape index (κ2) is 5.64. The van der Waals surface area contributed by atoms with Gasteiger partial charge < -0.3 is 0 Å². The van der Waals surface area contributed by atoms with Gasteiger partial charge in [-0.3, -0.25) is 4.57 Å². The number of imidazole rings is 1. The van der Waals surface area contributed by atoms with Crippen LogP contribution in [0.4, 0.5) is 0 Å². The summed E-state index contributed by atoms with van der Waals surface area (Å²) >= 11 is 16.0. The van der Waals surface area contributed by atoms with Crippen molar-refractivity contribution in [2.75, 3.05) is 0 Å². The number of hydrogen-bond donors (Lipinski definition) is 0. The molecule has 2 nitrogen and oxygen atoms in total. The molecule has 21 heavy (non-hydrogen) atoms. The number of rotatable bonds is 2. The average molecular weight is 384 g/mol. The molecule has 3 rings (SSSR count). The van der Waals surface area contributed by atoms with Crippen LogP contribution in [0.1, 0.15) is 23.7 Å². The molecule has 1 atom stereocenters. The first kappa shape index (κ1) is 14.9. The summed E-state index contributed by atoms with van der Waals surface area (Å²) in [4.78, 5) is 4.72. The SMILES string of the molecule is Cc1cccc2c1nc(C(C)Cl)n2-c1ccc(Br)c(Cl)c1. The molecule has 0 radical (unpaired) electrons. The number of aryl methyl sites for hydroxylation is 1. The first-order chi connectivity index (χ1) is 9.99. The van der Waals surface area contributed by atoms with Crippen molar-refractivity contribution >= 4 is 50.2 Å². The van der Waals surface area contributed by atoms with Crippen LogP contribution in [0, 0.1) is 6.92 Å². The van der Waals surface area contributed by atoms with Gasteiger partial charge in [0, 0.05) is 10.2 Å². The van der Waals surface area contributed by atoms with E-state index in [-0.39, 0.29) is 5.38 Å². The molecule has 0 amide bonds. The van der Waals surface area contributed by atoms with E-state index in [1.54, 1.807) is 0 Å². The second-order valence-corrected chi connectivity index (χ2v) is 6.88. The van der Waals surface area contributed by atoms with E-state index in [4.69, 9.17) is 28.2 Å². The number of aromatic nitrogens is 2. The molecule has 3 aromatic rings. The van der Waals surface area contributed by atoms with Crippen LogP contribution in [0.2, 0.25) is 5.02 Å². The Bertz CT molecular complexity index is 825. The number of nitrogens with zero attached hydrogens (tertiary/aromatic N) is 2. The molecule has 2 aromatic carbocycles. The Hall–Kier alpha value is -1.03. The molecule has 0 spiro atoms. The topological polar surface area (TPSA) is 17.8 Å². The smallest absolute Gasteiger partial charge is 0.132 e. The number of alkyl halides is 1. The Labute approximate surface area is 141 Å². The molecule has 0 N–H and O–H groups in total. The largest absolute Gasteiger partial charge is 0.295 e. The summed E-state index contributed by atoms with van der Waals surface area (Å²) in [5, 5.41) is 0.467. The van der Waals surface area contributed by atoms with E-state index in [9.17, 15) is 0 Å². The number of hydrogen-bond acceptors (Lipinski definition) is 1. The molecule has 0 saturated carbocycles. The highest BCUT2D eigenvalue weighted by molar-refractivity contribution is 9.10. The zero-order valence-electron chi connectivity index (χ0n) is 11.6. The molecule has 0 saturated heterocycles. The van der Waals surface area contributed by atoms with Crippen LogP contribution in [-0.2, 0) is 0 Å². The fourth-order valence-corrected chi connectivity index (χ4v) is 2.99. The predicted molar refractivity (Wildman–Crippen MR) is 92.8 cm³/mol. The maximum atomic E-state index is 6.33. The Morgan fingerprint density at radius 1 is 1.24 bits per heavy atom. The quantitative estimate of drug-likeness (QED) is 0.492. The molecule has 1 aromatic heterocycles. The fraction of sp³-hybridized carbons (Fsp3) is 0.188. The third kappa shape index (κ3) is 2.59. The van der Waals surface area contributed by atoms with Crippen molar-refractivity contribution in [3.8, 4) is 5.69 Å². The van der Waals surface area contributed by atoms with E-state index in [0.29, 0.717) is 5.02 Å². The third-order valence-electron chi connectivity index (χ3n) is 3.43. The van der Waals surface area contributed by atoms with Crippen LogP contribution >= 0.6 is 39.1 Å². The van der Waals surface area contributed by atoms with Crippen molar-refractivity contribution in [2.24, 2.45) is 0 Å². The minimum atomic E-state index is -0.195. The number of benzene rings is 2. The van der Waals surface area contributed by atoms with E-state index < -0.39 is 0 Å². The van der Waals surface area contributed by atoms with Crippen molar-refractivity contribution in [3.63, 3.8) is 0 Å². The van der Waals surface area contributed by atoms with Crippen molar-refractivity contribution < 1.29 is 0 Å². The molecule has 0 aliphatic carbocycles. The highest BCUT2D eigenvalue weighted by Gasteiger charge is 2.17. The summed E-state index contributed by atoms with van der Waals surface area (Å²) in [7, 11) is 0. The maximum Gasteiger partial charge on any atom is 0.132 e. The van der Waals surface area contributed by atoms with Gasteiger partial charge in [-0.15, -0.1) is 11.6 Å². The van der Waals surface area contributed by atoms with Crippen LogP contribution in [0.15, 0.2) is 40.9 Å². The van der Waals surface area contributed by atoms with Gasteiger partial charge in [0.2, 0.25) is 0 Å². The summed E-state index contributed by atoms with van der Waals surface area (Å²) in [6.07, 6.45) is 0. The lowest BCUT2D eigenvalue weighted by Crippen LogP contribution is -2.01. The van der Waals surface area contributed by atoms with Crippen LogP contribution in [-0.4, -0.2) is 9.55 Å². The molecule has 0 aliphatic rings. The first-order valence-electron chi connectivity index (χ1n) is 6.56. The first-order valence-corrected chi connectivity index (χ1v) is 8.17. The van der Waals surface area contributed by atoms with Gasteiger partial charge in [0.05, 0.1) is 21.4 Å². The lowest BCUT2D eigenvalue weighted by atomic mass is 10.2. The van der Waals surface area contributed by atoms with E-state index in [1.165, 1.54) is 0 Å². The van der Waals surface area contributed by atoms with E-state index in [2.05, 4.69) is 33.5 Å². The minimum Gasteiger partial charge on any atom is -0.295 e. The summed E-state index contributed by atoms with van der Waals surface area (Å²) in [5.74, 6) is 0.819. The van der Waals surface area contributed by atoms with Gasteiger partial charge in [-0.2, -0.15) is 0 Å². The number of halogens is 3. The molecule has 1 heterocycles. The van der Waals surface area contributed by atoms with Gasteiger partial charge in [-0.1, -0.05) is 23.7 Å². The van der Waals surface area contributed by atoms with E-state index in [1.807, 2.05) is 37.3 Å². The molecular formula is C16H13BrCl2N2. The van der Waals surface area contributed by atoms with Gasteiger partial charge in [0.15, 0.2) is 0 Å². The average Bonchev–Trinajstić information content (AvgIpc) is 2.83. The Balaban J connectivity index is 2.36. The number of fused-ring (bicyclic) bond motifs is 1. The highest BCUT2D eigenvalue weighted by atomic mass is 79.9. The molecular weight excluding hydrogens is 371 g/mol. The summed E-state index contributed by atoms with van der Waals surface area (Å²) in [6.45, 7) is 3.98. The second-order valence-electron chi connectivity index (χ2n) is 4.96. The van der Waals surface area contributed by atoms with Crippen LogP contribution < -0.4 is 0 Å². The zero-order valence-corrected chi connectivity index (χ0v) is 14.7. The van der Waals surface area contributed by atoms with Crippen molar-refractivity contribution in [2.45, 2.75) is 19.2 Å². The molecule has 1 unspecified atom stereocenters. The van der Waals surface area contributed by atoms with Gasteiger partial charge in [0.25, 0.3) is 0 Å². The van der Waals surface area contributed by atoms with Crippen molar-refractivity contribution in [1.82, 2.24) is 9.55 Å². The Morgan fingerprint density at radius 3 is 2.67 bits per heavy atom. The summed E-state index contributed by atoms with van der Waals surface area (Å²) < 4.78 is 2.94. The van der Waals surface area contributed by atoms with Gasteiger partial charge in [-0.05, 0) is 59.6 Å².